The molecule has 3 aromatic rings. The summed E-state index contributed by atoms with van der Waals surface area (Å²) in [6.07, 6.45) is 2.52. The molecule has 1 aliphatic heterocycles. The Bertz CT molecular complexity index is 897. The Balaban J connectivity index is 1.82. The van der Waals surface area contributed by atoms with Crippen molar-refractivity contribution in [3.8, 4) is 0 Å². The van der Waals surface area contributed by atoms with Gasteiger partial charge in [-0.3, -0.25) is 4.79 Å². The highest BCUT2D eigenvalue weighted by Gasteiger charge is 2.27. The number of carbonyl (C=O) groups is 1. The summed E-state index contributed by atoms with van der Waals surface area (Å²) >= 11 is 0. The number of benzene rings is 1. The van der Waals surface area contributed by atoms with Crippen molar-refractivity contribution in [3.63, 3.8) is 0 Å². The van der Waals surface area contributed by atoms with Crippen LogP contribution < -0.4 is 4.90 Å². The second-order valence-electron chi connectivity index (χ2n) is 5.67. The van der Waals surface area contributed by atoms with Gasteiger partial charge >= 0.3 is 0 Å². The number of rotatable bonds is 1. The molecule has 1 aliphatic rings. The van der Waals surface area contributed by atoms with E-state index in [1.807, 2.05) is 43.0 Å². The Morgan fingerprint density at radius 1 is 1.23 bits per heavy atom. The van der Waals surface area contributed by atoms with Gasteiger partial charge in [0.25, 0.3) is 5.91 Å². The average molecular weight is 292 g/mol. The number of hydrogen-bond acceptors (Lipinski definition) is 3. The van der Waals surface area contributed by atoms with E-state index in [2.05, 4.69) is 16.1 Å². The zero-order valence-electron chi connectivity index (χ0n) is 12.6. The summed E-state index contributed by atoms with van der Waals surface area (Å²) in [5, 5.41) is 4.31. The van der Waals surface area contributed by atoms with Crippen LogP contribution in [-0.4, -0.2) is 27.0 Å². The highest BCUT2D eigenvalue weighted by Crippen LogP contribution is 2.29. The van der Waals surface area contributed by atoms with Crippen LogP contribution in [0.5, 0.6) is 0 Å². The van der Waals surface area contributed by atoms with E-state index in [1.165, 1.54) is 5.56 Å². The van der Waals surface area contributed by atoms with Gasteiger partial charge in [0, 0.05) is 23.6 Å². The van der Waals surface area contributed by atoms with Gasteiger partial charge in [0.05, 0.1) is 6.20 Å². The van der Waals surface area contributed by atoms with Crippen LogP contribution in [0.3, 0.4) is 0 Å². The minimum atomic E-state index is -0.0301. The number of fused-ring (bicyclic) bond motifs is 2. The Morgan fingerprint density at radius 3 is 2.91 bits per heavy atom. The maximum absolute atomic E-state index is 12.9. The lowest BCUT2D eigenvalue weighted by Gasteiger charge is -2.16. The van der Waals surface area contributed by atoms with Crippen LogP contribution >= 0.6 is 0 Å². The van der Waals surface area contributed by atoms with Gasteiger partial charge in [-0.25, -0.2) is 9.50 Å². The first kappa shape index (κ1) is 13.0. The van der Waals surface area contributed by atoms with Crippen LogP contribution in [0.4, 0.5) is 5.69 Å². The fraction of sp³-hybridized carbons (Fsp3) is 0.235. The molecule has 110 valence electrons. The highest BCUT2D eigenvalue weighted by atomic mass is 16.2. The number of anilines is 1. The molecule has 0 atom stereocenters. The van der Waals surface area contributed by atoms with Crippen molar-refractivity contribution in [2.45, 2.75) is 20.3 Å². The van der Waals surface area contributed by atoms with Crippen LogP contribution in [0.25, 0.3) is 5.65 Å². The quantitative estimate of drug-likeness (QED) is 0.692. The molecule has 0 N–H and O–H groups in total. The third-order valence-corrected chi connectivity index (χ3v) is 4.14. The molecule has 22 heavy (non-hydrogen) atoms. The zero-order chi connectivity index (χ0) is 15.3. The van der Waals surface area contributed by atoms with Gasteiger partial charge in [-0.15, -0.1) is 0 Å². The molecule has 1 amide bonds. The summed E-state index contributed by atoms with van der Waals surface area (Å²) in [7, 11) is 0. The van der Waals surface area contributed by atoms with Crippen LogP contribution in [-0.2, 0) is 6.42 Å². The van der Waals surface area contributed by atoms with Gasteiger partial charge in [0.15, 0.2) is 5.65 Å². The Morgan fingerprint density at radius 2 is 2.05 bits per heavy atom. The lowest BCUT2D eigenvalue weighted by Crippen LogP contribution is -2.28. The van der Waals surface area contributed by atoms with E-state index in [-0.39, 0.29) is 5.91 Å². The van der Waals surface area contributed by atoms with E-state index in [0.29, 0.717) is 17.8 Å². The first-order chi connectivity index (χ1) is 10.6. The molecule has 0 aliphatic carbocycles. The molecule has 0 bridgehead atoms. The Kier molecular flexibility index (Phi) is 2.76. The van der Waals surface area contributed by atoms with E-state index in [1.54, 1.807) is 10.7 Å². The van der Waals surface area contributed by atoms with E-state index >= 15 is 0 Å². The van der Waals surface area contributed by atoms with Crippen molar-refractivity contribution in [1.29, 1.82) is 0 Å². The molecule has 2 aromatic heterocycles. The standard InChI is InChI=1S/C17H16N4O/c1-11-9-12(2)21-16(19-11)14(10-18-21)17(22)20-8-7-13-5-3-4-6-15(13)20/h3-6,9-10H,7-8H2,1-2H3. The molecular weight excluding hydrogens is 276 g/mol. The van der Waals surface area contributed by atoms with Gasteiger partial charge < -0.3 is 4.90 Å². The van der Waals surface area contributed by atoms with E-state index in [9.17, 15) is 4.79 Å². The minimum absolute atomic E-state index is 0.0301. The number of carbonyl (C=O) groups excluding carboxylic acids is 1. The molecule has 0 fully saturated rings. The Labute approximate surface area is 128 Å². The molecule has 5 heteroatoms. The lowest BCUT2D eigenvalue weighted by molar-refractivity contribution is 0.0991. The molecule has 1 aromatic carbocycles. The number of nitrogens with zero attached hydrogens (tertiary/aromatic N) is 4. The summed E-state index contributed by atoms with van der Waals surface area (Å²) in [6.45, 7) is 4.60. The molecule has 0 spiro atoms. The second kappa shape index (κ2) is 4.66. The van der Waals surface area contributed by atoms with Crippen LogP contribution in [0.2, 0.25) is 0 Å². The minimum Gasteiger partial charge on any atom is -0.308 e. The summed E-state index contributed by atoms with van der Waals surface area (Å²) in [4.78, 5) is 19.3. The van der Waals surface area contributed by atoms with Crippen LogP contribution in [0, 0.1) is 13.8 Å². The highest BCUT2D eigenvalue weighted by molar-refractivity contribution is 6.10. The maximum atomic E-state index is 12.9. The third-order valence-electron chi connectivity index (χ3n) is 4.14. The molecule has 0 unspecified atom stereocenters. The normalized spacial score (nSPS) is 13.6. The lowest BCUT2D eigenvalue weighted by atomic mass is 10.2. The van der Waals surface area contributed by atoms with E-state index < -0.39 is 0 Å². The predicted octanol–water partition coefficient (Wildman–Crippen LogP) is 2.55. The van der Waals surface area contributed by atoms with E-state index in [0.717, 1.165) is 23.5 Å². The molecule has 0 saturated carbocycles. The topological polar surface area (TPSA) is 50.5 Å². The summed E-state index contributed by atoms with van der Waals surface area (Å²) in [6, 6.07) is 10.0. The van der Waals surface area contributed by atoms with Gasteiger partial charge in [-0.05, 0) is 38.0 Å². The summed E-state index contributed by atoms with van der Waals surface area (Å²) in [5.74, 6) is -0.0301. The molecule has 0 radical (unpaired) electrons. The number of para-hydroxylation sites is 1. The monoisotopic (exact) mass is 292 g/mol. The first-order valence-electron chi connectivity index (χ1n) is 7.37. The summed E-state index contributed by atoms with van der Waals surface area (Å²) < 4.78 is 1.72. The van der Waals surface area contributed by atoms with Crippen molar-refractivity contribution < 1.29 is 4.79 Å². The molecule has 5 nitrogen and oxygen atoms in total. The molecule has 0 saturated heterocycles. The number of aromatic nitrogens is 3. The fourth-order valence-corrected chi connectivity index (χ4v) is 3.12. The van der Waals surface area contributed by atoms with Crippen molar-refractivity contribution in [1.82, 2.24) is 14.6 Å². The van der Waals surface area contributed by atoms with Gasteiger partial charge in [0.2, 0.25) is 0 Å². The molecule has 4 rings (SSSR count). The number of amides is 1. The predicted molar refractivity (Wildman–Crippen MR) is 84.3 cm³/mol. The third kappa shape index (κ3) is 1.82. The van der Waals surface area contributed by atoms with Crippen LogP contribution in [0.15, 0.2) is 36.5 Å². The van der Waals surface area contributed by atoms with Gasteiger partial charge in [-0.1, -0.05) is 18.2 Å². The van der Waals surface area contributed by atoms with Crippen molar-refractivity contribution in [2.24, 2.45) is 0 Å². The molecule has 3 heterocycles. The second-order valence-corrected chi connectivity index (χ2v) is 5.67. The molecular formula is C17H16N4O. The SMILES string of the molecule is Cc1cc(C)n2ncc(C(=O)N3CCc4ccccc43)c2n1. The van der Waals surface area contributed by atoms with Crippen LogP contribution in [0.1, 0.15) is 27.3 Å². The van der Waals surface area contributed by atoms with Crippen molar-refractivity contribution >= 4 is 17.2 Å². The largest absolute Gasteiger partial charge is 0.308 e. The van der Waals surface area contributed by atoms with Gasteiger partial charge in [-0.2, -0.15) is 5.10 Å². The Hall–Kier alpha value is -2.69. The fourth-order valence-electron chi connectivity index (χ4n) is 3.12. The zero-order valence-corrected chi connectivity index (χ0v) is 12.6. The first-order valence-corrected chi connectivity index (χ1v) is 7.37. The van der Waals surface area contributed by atoms with Gasteiger partial charge in [0.1, 0.15) is 5.56 Å². The van der Waals surface area contributed by atoms with Crippen molar-refractivity contribution in [3.05, 3.63) is 59.0 Å². The average Bonchev–Trinajstić information content (AvgIpc) is 3.10. The van der Waals surface area contributed by atoms with E-state index in [4.69, 9.17) is 0 Å². The number of aryl methyl sites for hydroxylation is 2. The van der Waals surface area contributed by atoms with Crippen molar-refractivity contribution in [2.75, 3.05) is 11.4 Å². The maximum Gasteiger partial charge on any atom is 0.263 e. The smallest absolute Gasteiger partial charge is 0.263 e. The summed E-state index contributed by atoms with van der Waals surface area (Å²) in [5.41, 5.74) is 5.27. The number of hydrogen-bond donors (Lipinski definition) is 0.